The van der Waals surface area contributed by atoms with Crippen LogP contribution in [0.3, 0.4) is 0 Å². The zero-order valence-electron chi connectivity index (χ0n) is 11.0. The first-order valence-corrected chi connectivity index (χ1v) is 6.28. The highest BCUT2D eigenvalue weighted by molar-refractivity contribution is 5.70. The molecule has 0 fully saturated rings. The minimum atomic E-state index is -0.505. The first-order chi connectivity index (χ1) is 10.1. The molecule has 6 heteroatoms. The van der Waals surface area contributed by atoms with Crippen LogP contribution in [0.25, 0.3) is 11.5 Å². The summed E-state index contributed by atoms with van der Waals surface area (Å²) >= 11 is 0. The number of hydrogen-bond acceptors (Lipinski definition) is 5. The summed E-state index contributed by atoms with van der Waals surface area (Å²) in [4.78, 5) is 4.16. The second-order valence-electron chi connectivity index (χ2n) is 4.56. The van der Waals surface area contributed by atoms with Crippen LogP contribution in [-0.4, -0.2) is 15.2 Å². The molecule has 0 atom stereocenters. The molecule has 3 N–H and O–H groups in total. The van der Waals surface area contributed by atoms with Crippen molar-refractivity contribution in [3.63, 3.8) is 0 Å². The SMILES string of the molecule is Nc1cccc(F)c1-c1nc(Cc2ccc(O)cc2)no1. The van der Waals surface area contributed by atoms with Gasteiger partial charge in [-0.3, -0.25) is 0 Å². The summed E-state index contributed by atoms with van der Waals surface area (Å²) in [6, 6.07) is 11.0. The molecule has 2 aromatic carbocycles. The molecular formula is C15H12FN3O2. The number of aromatic hydroxyl groups is 1. The molecule has 0 aliphatic carbocycles. The Morgan fingerprint density at radius 2 is 1.90 bits per heavy atom. The van der Waals surface area contributed by atoms with E-state index in [4.69, 9.17) is 10.3 Å². The summed E-state index contributed by atoms with van der Waals surface area (Å²) in [6.45, 7) is 0. The molecule has 0 amide bonds. The van der Waals surface area contributed by atoms with Gasteiger partial charge in [0, 0.05) is 12.1 Å². The Kier molecular flexibility index (Phi) is 3.27. The van der Waals surface area contributed by atoms with Gasteiger partial charge in [0.15, 0.2) is 5.82 Å². The molecular weight excluding hydrogens is 273 g/mol. The van der Waals surface area contributed by atoms with Gasteiger partial charge in [0.25, 0.3) is 5.89 Å². The molecule has 0 unspecified atom stereocenters. The van der Waals surface area contributed by atoms with Crippen LogP contribution in [0.1, 0.15) is 11.4 Å². The third kappa shape index (κ3) is 2.69. The van der Waals surface area contributed by atoms with Gasteiger partial charge in [0.2, 0.25) is 0 Å². The molecule has 0 saturated carbocycles. The van der Waals surface area contributed by atoms with Gasteiger partial charge in [-0.25, -0.2) is 4.39 Å². The van der Waals surface area contributed by atoms with Gasteiger partial charge >= 0.3 is 0 Å². The number of rotatable bonds is 3. The molecule has 0 aliphatic rings. The molecule has 3 aromatic rings. The molecule has 106 valence electrons. The number of benzene rings is 2. The van der Waals surface area contributed by atoms with E-state index in [0.717, 1.165) is 5.56 Å². The molecule has 3 rings (SSSR count). The maximum atomic E-state index is 13.8. The van der Waals surface area contributed by atoms with Crippen LogP contribution in [0.2, 0.25) is 0 Å². The summed E-state index contributed by atoms with van der Waals surface area (Å²) in [5.74, 6) is 0.152. The monoisotopic (exact) mass is 285 g/mol. The Balaban J connectivity index is 1.88. The average Bonchev–Trinajstić information content (AvgIpc) is 2.89. The van der Waals surface area contributed by atoms with E-state index in [2.05, 4.69) is 10.1 Å². The number of phenols is 1. The van der Waals surface area contributed by atoms with E-state index in [1.807, 2.05) is 0 Å². The third-order valence-corrected chi connectivity index (χ3v) is 3.03. The quantitative estimate of drug-likeness (QED) is 0.723. The van der Waals surface area contributed by atoms with Gasteiger partial charge in [0.05, 0.1) is 5.56 Å². The lowest BCUT2D eigenvalue weighted by atomic mass is 10.1. The van der Waals surface area contributed by atoms with E-state index in [-0.39, 0.29) is 22.9 Å². The molecule has 0 spiro atoms. The van der Waals surface area contributed by atoms with E-state index in [9.17, 15) is 9.50 Å². The highest BCUT2D eigenvalue weighted by atomic mass is 19.1. The van der Waals surface area contributed by atoms with Crippen LogP contribution in [0.5, 0.6) is 5.75 Å². The summed E-state index contributed by atoms with van der Waals surface area (Å²) in [6.07, 6.45) is 0.415. The molecule has 0 radical (unpaired) electrons. The van der Waals surface area contributed by atoms with Gasteiger partial charge in [-0.05, 0) is 29.8 Å². The lowest BCUT2D eigenvalue weighted by Crippen LogP contribution is -1.94. The van der Waals surface area contributed by atoms with E-state index < -0.39 is 5.82 Å². The van der Waals surface area contributed by atoms with E-state index in [1.165, 1.54) is 12.1 Å². The number of aromatic nitrogens is 2. The van der Waals surface area contributed by atoms with Gasteiger partial charge in [-0.1, -0.05) is 23.4 Å². The van der Waals surface area contributed by atoms with Gasteiger partial charge in [-0.15, -0.1) is 0 Å². The fourth-order valence-corrected chi connectivity index (χ4v) is 1.99. The van der Waals surface area contributed by atoms with Crippen LogP contribution in [0.4, 0.5) is 10.1 Å². The van der Waals surface area contributed by atoms with Crippen LogP contribution >= 0.6 is 0 Å². The summed E-state index contributed by atoms with van der Waals surface area (Å²) in [7, 11) is 0. The first-order valence-electron chi connectivity index (χ1n) is 6.28. The van der Waals surface area contributed by atoms with Crippen molar-refractivity contribution in [3.05, 3.63) is 59.7 Å². The predicted molar refractivity (Wildman–Crippen MR) is 75.0 cm³/mol. The van der Waals surface area contributed by atoms with Crippen molar-refractivity contribution in [2.45, 2.75) is 6.42 Å². The van der Waals surface area contributed by atoms with Crippen molar-refractivity contribution in [2.75, 3.05) is 5.73 Å². The Bertz CT molecular complexity index is 749. The fourth-order valence-electron chi connectivity index (χ4n) is 1.99. The fraction of sp³-hybridized carbons (Fsp3) is 0.0667. The maximum Gasteiger partial charge on any atom is 0.263 e. The second kappa shape index (κ2) is 5.24. The van der Waals surface area contributed by atoms with Crippen molar-refractivity contribution < 1.29 is 14.0 Å². The normalized spacial score (nSPS) is 10.7. The van der Waals surface area contributed by atoms with Crippen LogP contribution in [-0.2, 0) is 6.42 Å². The highest BCUT2D eigenvalue weighted by Crippen LogP contribution is 2.27. The number of anilines is 1. The lowest BCUT2D eigenvalue weighted by molar-refractivity contribution is 0.422. The van der Waals surface area contributed by atoms with E-state index in [0.29, 0.717) is 12.2 Å². The number of nitrogens with zero attached hydrogens (tertiary/aromatic N) is 2. The second-order valence-corrected chi connectivity index (χ2v) is 4.56. The number of halogens is 1. The lowest BCUT2D eigenvalue weighted by Gasteiger charge is -2.00. The average molecular weight is 285 g/mol. The Labute approximate surface area is 119 Å². The topological polar surface area (TPSA) is 85.2 Å². The number of nitrogens with two attached hydrogens (primary N) is 1. The minimum Gasteiger partial charge on any atom is -0.508 e. The standard InChI is InChI=1S/C15H12FN3O2/c16-11-2-1-3-12(17)14(11)15-18-13(19-21-15)8-9-4-6-10(20)7-5-9/h1-7,20H,8,17H2. The molecule has 0 bridgehead atoms. The van der Waals surface area contributed by atoms with Crippen molar-refractivity contribution in [3.8, 4) is 17.2 Å². The van der Waals surface area contributed by atoms with Crippen molar-refractivity contribution >= 4 is 5.69 Å². The number of nitrogen functional groups attached to an aromatic ring is 1. The molecule has 21 heavy (non-hydrogen) atoms. The minimum absolute atomic E-state index is 0.0550. The number of phenolic OH excluding ortho intramolecular Hbond substituents is 1. The van der Waals surface area contributed by atoms with Crippen molar-refractivity contribution in [1.82, 2.24) is 10.1 Å². The molecule has 5 nitrogen and oxygen atoms in total. The zero-order valence-corrected chi connectivity index (χ0v) is 11.0. The molecule has 0 aliphatic heterocycles. The highest BCUT2D eigenvalue weighted by Gasteiger charge is 2.16. The summed E-state index contributed by atoms with van der Waals surface area (Å²) in [5.41, 5.74) is 7.00. The molecule has 1 heterocycles. The van der Waals surface area contributed by atoms with E-state index in [1.54, 1.807) is 30.3 Å². The molecule has 0 saturated heterocycles. The Morgan fingerprint density at radius 1 is 1.14 bits per heavy atom. The maximum absolute atomic E-state index is 13.8. The summed E-state index contributed by atoms with van der Waals surface area (Å²) in [5, 5.41) is 13.1. The largest absolute Gasteiger partial charge is 0.508 e. The number of hydrogen-bond donors (Lipinski definition) is 2. The van der Waals surface area contributed by atoms with Crippen molar-refractivity contribution in [1.29, 1.82) is 0 Å². The smallest absolute Gasteiger partial charge is 0.263 e. The van der Waals surface area contributed by atoms with Gasteiger partial charge in [0.1, 0.15) is 11.6 Å². The summed E-state index contributed by atoms with van der Waals surface area (Å²) < 4.78 is 18.9. The predicted octanol–water partition coefficient (Wildman–Crippen LogP) is 2.75. The van der Waals surface area contributed by atoms with Crippen molar-refractivity contribution in [2.24, 2.45) is 0 Å². The Morgan fingerprint density at radius 3 is 2.62 bits per heavy atom. The zero-order chi connectivity index (χ0) is 14.8. The van der Waals surface area contributed by atoms with Crippen LogP contribution < -0.4 is 5.73 Å². The molecule has 1 aromatic heterocycles. The van der Waals surface area contributed by atoms with Crippen LogP contribution in [0, 0.1) is 5.82 Å². The van der Waals surface area contributed by atoms with Crippen LogP contribution in [0.15, 0.2) is 47.0 Å². The van der Waals surface area contributed by atoms with E-state index >= 15 is 0 Å². The van der Waals surface area contributed by atoms with Gasteiger partial charge in [-0.2, -0.15) is 4.98 Å². The third-order valence-electron chi connectivity index (χ3n) is 3.03. The first kappa shape index (κ1) is 13.1. The Hall–Kier alpha value is -2.89. The van der Waals surface area contributed by atoms with Gasteiger partial charge < -0.3 is 15.4 Å².